The van der Waals surface area contributed by atoms with Gasteiger partial charge in [-0.25, -0.2) is 9.59 Å². The summed E-state index contributed by atoms with van der Waals surface area (Å²) in [5, 5.41) is 5.41. The number of carbonyl (C=O) groups excluding carboxylic acids is 2. The Morgan fingerprint density at radius 1 is 0.840 bits per heavy atom. The molecule has 0 aliphatic carbocycles. The summed E-state index contributed by atoms with van der Waals surface area (Å²) in [7, 11) is 0. The van der Waals surface area contributed by atoms with Crippen molar-refractivity contribution in [1.29, 1.82) is 0 Å². The first-order valence-corrected chi connectivity index (χ1v) is 9.37. The molecule has 0 fully saturated rings. The lowest BCUT2D eigenvalue weighted by Gasteiger charge is -2.21. The highest BCUT2D eigenvalue weighted by molar-refractivity contribution is 5.67. The molecule has 8 nitrogen and oxygen atoms in total. The number of unbranched alkanes of at least 4 members (excludes halogenated alkanes) is 2. The fourth-order valence-corrected chi connectivity index (χ4v) is 2.02. The van der Waals surface area contributed by atoms with Crippen LogP contribution in [-0.4, -0.2) is 69.6 Å². The second-order valence-corrected chi connectivity index (χ2v) is 5.82. The second-order valence-electron chi connectivity index (χ2n) is 5.82. The van der Waals surface area contributed by atoms with E-state index in [9.17, 15) is 9.59 Å². The average molecular weight is 360 g/mol. The lowest BCUT2D eigenvalue weighted by molar-refractivity contribution is 0.106. The molecule has 8 heteroatoms. The van der Waals surface area contributed by atoms with Gasteiger partial charge in [-0.15, -0.1) is 0 Å². The molecule has 0 saturated heterocycles. The van der Waals surface area contributed by atoms with Crippen molar-refractivity contribution in [3.63, 3.8) is 0 Å². The van der Waals surface area contributed by atoms with Crippen molar-refractivity contribution in [3.05, 3.63) is 0 Å². The van der Waals surface area contributed by atoms with Crippen LogP contribution < -0.4 is 16.4 Å². The van der Waals surface area contributed by atoms with Crippen molar-refractivity contribution in [2.45, 2.75) is 46.0 Å². The van der Waals surface area contributed by atoms with Crippen LogP contribution in [0.2, 0.25) is 0 Å². The van der Waals surface area contributed by atoms with Crippen LogP contribution in [0.4, 0.5) is 9.59 Å². The number of amides is 2. The molecule has 0 aliphatic heterocycles. The molecule has 0 rings (SSSR count). The average Bonchev–Trinajstić information content (AvgIpc) is 2.59. The predicted octanol–water partition coefficient (Wildman–Crippen LogP) is 1.69. The highest BCUT2D eigenvalue weighted by Gasteiger charge is 2.08. The highest BCUT2D eigenvalue weighted by Crippen LogP contribution is 1.94. The maximum absolute atomic E-state index is 11.5. The van der Waals surface area contributed by atoms with Crippen LogP contribution in [0.25, 0.3) is 0 Å². The van der Waals surface area contributed by atoms with Gasteiger partial charge in [0.05, 0.1) is 0 Å². The summed E-state index contributed by atoms with van der Waals surface area (Å²) >= 11 is 0. The topological polar surface area (TPSA) is 106 Å². The SMILES string of the molecule is CCCCNC(=O)OCCN(CCCN)CCOC(=O)NCCCC. The minimum absolute atomic E-state index is 0.297. The molecule has 0 aromatic heterocycles. The molecule has 0 atom stereocenters. The quantitative estimate of drug-likeness (QED) is 0.384. The van der Waals surface area contributed by atoms with E-state index in [1.807, 2.05) is 0 Å². The normalized spacial score (nSPS) is 10.6. The van der Waals surface area contributed by atoms with Gasteiger partial charge in [-0.05, 0) is 32.4 Å². The first-order valence-electron chi connectivity index (χ1n) is 9.37. The van der Waals surface area contributed by atoms with Crippen LogP contribution >= 0.6 is 0 Å². The smallest absolute Gasteiger partial charge is 0.407 e. The van der Waals surface area contributed by atoms with E-state index in [1.54, 1.807) is 0 Å². The molecule has 4 N–H and O–H groups in total. The number of carbonyl (C=O) groups is 2. The summed E-state index contributed by atoms with van der Waals surface area (Å²) in [5.74, 6) is 0. The van der Waals surface area contributed by atoms with Crippen LogP contribution in [-0.2, 0) is 9.47 Å². The third-order valence-electron chi connectivity index (χ3n) is 3.56. The fraction of sp³-hybridized carbons (Fsp3) is 0.882. The van der Waals surface area contributed by atoms with E-state index in [0.717, 1.165) is 38.6 Å². The molecule has 0 heterocycles. The number of nitrogens with one attached hydrogen (secondary N) is 2. The standard InChI is InChI=1S/C17H36N4O4/c1-3-5-9-19-16(22)24-14-12-21(11-7-8-18)13-15-25-17(23)20-10-6-4-2/h3-15,18H2,1-2H3,(H,19,22)(H,20,23). The van der Waals surface area contributed by atoms with Crippen molar-refractivity contribution in [2.24, 2.45) is 5.73 Å². The number of rotatable bonds is 15. The molecule has 0 spiro atoms. The van der Waals surface area contributed by atoms with Crippen molar-refractivity contribution in [3.8, 4) is 0 Å². The molecule has 25 heavy (non-hydrogen) atoms. The Balaban J connectivity index is 3.91. The third-order valence-corrected chi connectivity index (χ3v) is 3.56. The zero-order chi connectivity index (χ0) is 18.8. The summed E-state index contributed by atoms with van der Waals surface area (Å²) in [6.45, 7) is 8.52. The monoisotopic (exact) mass is 360 g/mol. The number of alkyl carbamates (subject to hydrolysis) is 2. The highest BCUT2D eigenvalue weighted by atomic mass is 16.6. The molecule has 0 saturated carbocycles. The van der Waals surface area contributed by atoms with E-state index in [2.05, 4.69) is 29.4 Å². The van der Waals surface area contributed by atoms with Gasteiger partial charge in [0.25, 0.3) is 0 Å². The first kappa shape index (κ1) is 23.5. The summed E-state index contributed by atoms with van der Waals surface area (Å²) in [6.07, 6.45) is 3.99. The Morgan fingerprint density at radius 2 is 1.32 bits per heavy atom. The third kappa shape index (κ3) is 15.7. The van der Waals surface area contributed by atoms with Crippen LogP contribution in [0.1, 0.15) is 46.0 Å². The van der Waals surface area contributed by atoms with Crippen LogP contribution in [0.5, 0.6) is 0 Å². The Kier molecular flexibility index (Phi) is 16.2. The number of ether oxygens (including phenoxy) is 2. The van der Waals surface area contributed by atoms with E-state index in [4.69, 9.17) is 15.2 Å². The number of hydrogen-bond donors (Lipinski definition) is 3. The summed E-state index contributed by atoms with van der Waals surface area (Å²) in [5.41, 5.74) is 5.55. The lowest BCUT2D eigenvalue weighted by atomic mass is 10.3. The molecule has 0 aromatic carbocycles. The second kappa shape index (κ2) is 17.3. The molecule has 148 valence electrons. The summed E-state index contributed by atoms with van der Waals surface area (Å²) in [6, 6.07) is 0. The lowest BCUT2D eigenvalue weighted by Crippen LogP contribution is -2.36. The van der Waals surface area contributed by atoms with Gasteiger partial charge in [-0.2, -0.15) is 0 Å². The van der Waals surface area contributed by atoms with Crippen LogP contribution in [0, 0.1) is 0 Å². The fourth-order valence-electron chi connectivity index (χ4n) is 2.02. The number of hydrogen-bond acceptors (Lipinski definition) is 6. The van der Waals surface area contributed by atoms with Crippen LogP contribution in [0.3, 0.4) is 0 Å². The first-order chi connectivity index (χ1) is 12.1. The Bertz CT molecular complexity index is 315. The van der Waals surface area contributed by atoms with Gasteiger partial charge in [0.1, 0.15) is 13.2 Å². The van der Waals surface area contributed by atoms with E-state index < -0.39 is 12.2 Å². The van der Waals surface area contributed by atoms with Gasteiger partial charge < -0.3 is 25.8 Å². The van der Waals surface area contributed by atoms with Gasteiger partial charge in [0.2, 0.25) is 0 Å². The van der Waals surface area contributed by atoms with Crippen molar-refractivity contribution < 1.29 is 19.1 Å². The van der Waals surface area contributed by atoms with E-state index in [1.165, 1.54) is 0 Å². The van der Waals surface area contributed by atoms with E-state index in [0.29, 0.717) is 45.9 Å². The molecule has 0 aromatic rings. The molecule has 0 bridgehead atoms. The van der Waals surface area contributed by atoms with Gasteiger partial charge in [0, 0.05) is 26.2 Å². The van der Waals surface area contributed by atoms with Gasteiger partial charge in [0.15, 0.2) is 0 Å². The van der Waals surface area contributed by atoms with Gasteiger partial charge in [-0.1, -0.05) is 26.7 Å². The number of nitrogens with zero attached hydrogens (tertiary/aromatic N) is 1. The molecular formula is C17H36N4O4. The summed E-state index contributed by atoms with van der Waals surface area (Å²) in [4.78, 5) is 25.1. The molecule has 0 aliphatic rings. The Labute approximate surface area is 151 Å². The maximum atomic E-state index is 11.5. The summed E-state index contributed by atoms with van der Waals surface area (Å²) < 4.78 is 10.3. The minimum atomic E-state index is -0.390. The minimum Gasteiger partial charge on any atom is -0.448 e. The van der Waals surface area contributed by atoms with Gasteiger partial charge >= 0.3 is 12.2 Å². The maximum Gasteiger partial charge on any atom is 0.407 e. The zero-order valence-electron chi connectivity index (χ0n) is 15.8. The predicted molar refractivity (Wildman–Crippen MR) is 98.6 cm³/mol. The van der Waals surface area contributed by atoms with Crippen molar-refractivity contribution >= 4 is 12.2 Å². The molecule has 0 unspecified atom stereocenters. The van der Waals surface area contributed by atoms with Crippen LogP contribution in [0.15, 0.2) is 0 Å². The van der Waals surface area contributed by atoms with Gasteiger partial charge in [-0.3, -0.25) is 4.90 Å². The molecule has 2 amide bonds. The van der Waals surface area contributed by atoms with Crippen molar-refractivity contribution in [1.82, 2.24) is 15.5 Å². The van der Waals surface area contributed by atoms with E-state index in [-0.39, 0.29) is 0 Å². The number of nitrogens with two attached hydrogens (primary N) is 1. The molecule has 0 radical (unpaired) electrons. The Morgan fingerprint density at radius 3 is 1.72 bits per heavy atom. The Hall–Kier alpha value is -1.54. The van der Waals surface area contributed by atoms with Crippen molar-refractivity contribution in [2.75, 3.05) is 52.5 Å². The molecular weight excluding hydrogens is 324 g/mol. The van der Waals surface area contributed by atoms with E-state index >= 15 is 0 Å². The zero-order valence-corrected chi connectivity index (χ0v) is 15.8. The largest absolute Gasteiger partial charge is 0.448 e.